The second-order valence-corrected chi connectivity index (χ2v) is 12.1. The maximum atomic E-state index is 2.49. The summed E-state index contributed by atoms with van der Waals surface area (Å²) in [6, 6.07) is 60.1. The molecule has 0 fully saturated rings. The van der Waals surface area contributed by atoms with Crippen LogP contribution >= 0.6 is 0 Å². The highest BCUT2D eigenvalue weighted by atomic mass is 15.0. The van der Waals surface area contributed by atoms with Gasteiger partial charge in [0, 0.05) is 38.7 Å². The van der Waals surface area contributed by atoms with E-state index in [2.05, 4.69) is 173 Å². The summed E-state index contributed by atoms with van der Waals surface area (Å²) in [6.45, 7) is 0. The van der Waals surface area contributed by atoms with Gasteiger partial charge in [-0.25, -0.2) is 0 Å². The summed E-state index contributed by atoms with van der Waals surface area (Å²) in [7, 11) is 0. The first-order chi connectivity index (χ1) is 22.4. The van der Waals surface area contributed by atoms with Gasteiger partial charge in [0.2, 0.25) is 0 Å². The monoisotopic (exact) mass is 572 g/mol. The standard InChI is InChI=1S/C43H28N2/c1-2-13-28(14-3-1)42-33-18-4-5-19-34(33)43-35(42)20-12-24-41(43)45-39-23-11-8-17-32(39)36-27-29(25-26-40(36)45)44-37-21-9-6-15-30(37)31-16-7-10-22-38(31)44/h1-27,42H. The van der Waals surface area contributed by atoms with E-state index in [0.29, 0.717) is 0 Å². The van der Waals surface area contributed by atoms with Crippen LogP contribution in [0.5, 0.6) is 0 Å². The third-order valence-electron chi connectivity index (χ3n) is 9.80. The summed E-state index contributed by atoms with van der Waals surface area (Å²) < 4.78 is 4.90. The molecule has 2 nitrogen and oxygen atoms in total. The van der Waals surface area contributed by atoms with Crippen LogP contribution < -0.4 is 0 Å². The fraction of sp³-hybridized carbons (Fsp3) is 0.0233. The highest BCUT2D eigenvalue weighted by Gasteiger charge is 2.32. The van der Waals surface area contributed by atoms with Gasteiger partial charge in [0.1, 0.15) is 0 Å². The van der Waals surface area contributed by atoms with Crippen LogP contribution in [0.3, 0.4) is 0 Å². The molecule has 2 heteroatoms. The Labute approximate surface area is 261 Å². The van der Waals surface area contributed by atoms with Crippen molar-refractivity contribution in [2.75, 3.05) is 0 Å². The third-order valence-corrected chi connectivity index (χ3v) is 9.80. The lowest BCUT2D eigenvalue weighted by Crippen LogP contribution is -2.01. The highest BCUT2D eigenvalue weighted by molar-refractivity contribution is 6.12. The molecule has 1 atom stereocenters. The van der Waals surface area contributed by atoms with Gasteiger partial charge >= 0.3 is 0 Å². The summed E-state index contributed by atoms with van der Waals surface area (Å²) in [5.41, 5.74) is 14.0. The SMILES string of the molecule is c1ccc(C2c3ccccc3-c3c2cccc3-n2c3ccccc3c3cc(-n4c5ccccc5c5ccccc54)ccc32)cc1. The molecule has 10 rings (SSSR count). The Balaban J connectivity index is 1.26. The zero-order valence-corrected chi connectivity index (χ0v) is 24.6. The van der Waals surface area contributed by atoms with Crippen LogP contribution in [-0.4, -0.2) is 9.13 Å². The number of hydrogen-bond acceptors (Lipinski definition) is 0. The van der Waals surface area contributed by atoms with E-state index in [-0.39, 0.29) is 5.92 Å². The van der Waals surface area contributed by atoms with E-state index in [0.717, 1.165) is 0 Å². The molecule has 0 radical (unpaired) electrons. The van der Waals surface area contributed by atoms with Gasteiger partial charge in [-0.3, -0.25) is 0 Å². The second-order valence-electron chi connectivity index (χ2n) is 12.1. The van der Waals surface area contributed by atoms with Crippen molar-refractivity contribution >= 4 is 43.6 Å². The van der Waals surface area contributed by atoms with Gasteiger partial charge in [0.05, 0.1) is 27.8 Å². The van der Waals surface area contributed by atoms with E-state index in [4.69, 9.17) is 0 Å². The second kappa shape index (κ2) is 9.32. The first kappa shape index (κ1) is 24.6. The molecule has 0 aliphatic heterocycles. The quantitative estimate of drug-likeness (QED) is 0.199. The van der Waals surface area contributed by atoms with Gasteiger partial charge in [-0.1, -0.05) is 121 Å². The Morgan fingerprint density at radius 1 is 0.378 bits per heavy atom. The molecular weight excluding hydrogens is 544 g/mol. The van der Waals surface area contributed by atoms with Crippen LogP contribution in [0.15, 0.2) is 164 Å². The molecule has 9 aromatic rings. The molecule has 2 heterocycles. The lowest BCUT2D eigenvalue weighted by Gasteiger charge is -2.16. The molecule has 45 heavy (non-hydrogen) atoms. The number of hydrogen-bond donors (Lipinski definition) is 0. The average Bonchev–Trinajstić information content (AvgIpc) is 3.74. The Bertz CT molecular complexity index is 2550. The molecule has 7 aromatic carbocycles. The molecule has 2 aromatic heterocycles. The van der Waals surface area contributed by atoms with Crippen LogP contribution in [0.4, 0.5) is 0 Å². The first-order valence-electron chi connectivity index (χ1n) is 15.7. The minimum absolute atomic E-state index is 0.215. The molecule has 0 spiro atoms. The van der Waals surface area contributed by atoms with Gasteiger partial charge < -0.3 is 9.13 Å². The highest BCUT2D eigenvalue weighted by Crippen LogP contribution is 2.51. The molecular formula is C43H28N2. The Kier molecular flexibility index (Phi) is 5.09. The van der Waals surface area contributed by atoms with Crippen LogP contribution in [0.25, 0.3) is 66.1 Å². The number of benzene rings is 7. The molecule has 0 bridgehead atoms. The zero-order chi connectivity index (χ0) is 29.5. The van der Waals surface area contributed by atoms with Crippen LogP contribution in [-0.2, 0) is 0 Å². The molecule has 0 amide bonds. The Morgan fingerprint density at radius 3 is 1.67 bits per heavy atom. The summed E-state index contributed by atoms with van der Waals surface area (Å²) >= 11 is 0. The topological polar surface area (TPSA) is 9.86 Å². The maximum Gasteiger partial charge on any atom is 0.0543 e. The van der Waals surface area contributed by atoms with Crippen LogP contribution in [0.2, 0.25) is 0 Å². The summed E-state index contributed by atoms with van der Waals surface area (Å²) in [5, 5.41) is 5.08. The molecule has 1 unspecified atom stereocenters. The molecule has 0 saturated heterocycles. The van der Waals surface area contributed by atoms with Crippen molar-refractivity contribution in [2.45, 2.75) is 5.92 Å². The van der Waals surface area contributed by atoms with Crippen LogP contribution in [0.1, 0.15) is 22.6 Å². The van der Waals surface area contributed by atoms with Crippen LogP contribution in [0, 0.1) is 0 Å². The molecule has 1 aliphatic carbocycles. The lowest BCUT2D eigenvalue weighted by atomic mass is 9.89. The predicted molar refractivity (Wildman–Crippen MR) is 188 cm³/mol. The summed E-state index contributed by atoms with van der Waals surface area (Å²) in [6.07, 6.45) is 0. The van der Waals surface area contributed by atoms with Crippen molar-refractivity contribution in [1.82, 2.24) is 9.13 Å². The van der Waals surface area contributed by atoms with Gasteiger partial charge in [0.25, 0.3) is 0 Å². The maximum absolute atomic E-state index is 2.49. The van der Waals surface area contributed by atoms with E-state index in [9.17, 15) is 0 Å². The van der Waals surface area contributed by atoms with Crippen molar-refractivity contribution < 1.29 is 0 Å². The van der Waals surface area contributed by atoms with Crippen molar-refractivity contribution in [3.63, 3.8) is 0 Å². The zero-order valence-electron chi connectivity index (χ0n) is 24.6. The summed E-state index contributed by atoms with van der Waals surface area (Å²) in [5.74, 6) is 0.215. The number of aromatic nitrogens is 2. The van der Waals surface area contributed by atoms with E-state index in [1.54, 1.807) is 0 Å². The van der Waals surface area contributed by atoms with E-state index >= 15 is 0 Å². The van der Waals surface area contributed by atoms with E-state index < -0.39 is 0 Å². The smallest absolute Gasteiger partial charge is 0.0543 e. The molecule has 0 saturated carbocycles. The Morgan fingerprint density at radius 2 is 0.933 bits per heavy atom. The first-order valence-corrected chi connectivity index (χ1v) is 15.7. The normalized spacial score (nSPS) is 14.0. The molecule has 1 aliphatic rings. The van der Waals surface area contributed by atoms with E-state index in [1.165, 1.54) is 82.8 Å². The van der Waals surface area contributed by atoms with Gasteiger partial charge in [-0.15, -0.1) is 0 Å². The van der Waals surface area contributed by atoms with E-state index in [1.807, 2.05) is 0 Å². The summed E-state index contributed by atoms with van der Waals surface area (Å²) in [4.78, 5) is 0. The molecule has 210 valence electrons. The van der Waals surface area contributed by atoms with Gasteiger partial charge in [-0.2, -0.15) is 0 Å². The minimum Gasteiger partial charge on any atom is -0.309 e. The largest absolute Gasteiger partial charge is 0.309 e. The average molecular weight is 573 g/mol. The van der Waals surface area contributed by atoms with Crippen molar-refractivity contribution in [1.29, 1.82) is 0 Å². The Hall–Kier alpha value is -5.86. The lowest BCUT2D eigenvalue weighted by molar-refractivity contribution is 1.01. The van der Waals surface area contributed by atoms with Gasteiger partial charge in [-0.05, 0) is 64.7 Å². The minimum atomic E-state index is 0.215. The number of para-hydroxylation sites is 3. The van der Waals surface area contributed by atoms with Crippen molar-refractivity contribution in [2.24, 2.45) is 0 Å². The fourth-order valence-electron chi connectivity index (χ4n) is 7.99. The number of fused-ring (bicyclic) bond motifs is 9. The third kappa shape index (κ3) is 3.39. The number of nitrogens with zero attached hydrogens (tertiary/aromatic N) is 2. The fourth-order valence-corrected chi connectivity index (χ4v) is 7.99. The number of rotatable bonds is 3. The molecule has 0 N–H and O–H groups in total. The predicted octanol–water partition coefficient (Wildman–Crippen LogP) is 11.0. The van der Waals surface area contributed by atoms with Crippen molar-refractivity contribution in [3.05, 3.63) is 180 Å². The van der Waals surface area contributed by atoms with Gasteiger partial charge in [0.15, 0.2) is 0 Å². The van der Waals surface area contributed by atoms with Crippen molar-refractivity contribution in [3.8, 4) is 22.5 Å².